The van der Waals surface area contributed by atoms with Crippen molar-refractivity contribution in [3.05, 3.63) is 69.2 Å². The molecular weight excluding hydrogens is 371 g/mol. The summed E-state index contributed by atoms with van der Waals surface area (Å²) in [5.41, 5.74) is 5.00. The van der Waals surface area contributed by atoms with E-state index >= 15 is 0 Å². The minimum atomic E-state index is -0.467. The molecule has 0 aromatic heterocycles. The van der Waals surface area contributed by atoms with Crippen LogP contribution in [0.3, 0.4) is 0 Å². The minimum Gasteiger partial charge on any atom is -0.267 e. The van der Waals surface area contributed by atoms with Crippen LogP contribution in [-0.4, -0.2) is 11.8 Å². The van der Waals surface area contributed by atoms with Gasteiger partial charge in [0.2, 0.25) is 0 Å². The largest absolute Gasteiger partial charge is 0.282 e. The van der Waals surface area contributed by atoms with Gasteiger partial charge in [-0.3, -0.25) is 15.0 Å². The molecule has 1 aliphatic rings. The topological polar surface area (TPSA) is 49.4 Å². The summed E-state index contributed by atoms with van der Waals surface area (Å²) >= 11 is 12.0. The zero-order chi connectivity index (χ0) is 19.1. The number of nitrogens with one attached hydrogen (secondary N) is 1. The summed E-state index contributed by atoms with van der Waals surface area (Å²) in [5.74, 6) is -0.917. The maximum absolute atomic E-state index is 12.7. The van der Waals surface area contributed by atoms with Gasteiger partial charge in [-0.2, -0.15) is 0 Å². The number of anilines is 1. The van der Waals surface area contributed by atoms with Crippen molar-refractivity contribution >= 4 is 46.8 Å². The van der Waals surface area contributed by atoms with E-state index in [1.54, 1.807) is 24.3 Å². The minimum absolute atomic E-state index is 0.0366. The lowest BCUT2D eigenvalue weighted by Crippen LogP contribution is -2.35. The second-order valence-corrected chi connectivity index (χ2v) is 8.01. The van der Waals surface area contributed by atoms with Crippen LogP contribution in [0.4, 0.5) is 5.69 Å². The van der Waals surface area contributed by atoms with Crippen molar-refractivity contribution < 1.29 is 9.59 Å². The van der Waals surface area contributed by atoms with Gasteiger partial charge >= 0.3 is 0 Å². The van der Waals surface area contributed by atoms with Crippen LogP contribution in [0.15, 0.2) is 48.0 Å². The highest BCUT2D eigenvalue weighted by molar-refractivity contribution is 6.36. The molecule has 3 rings (SSSR count). The summed E-state index contributed by atoms with van der Waals surface area (Å²) in [6.07, 6.45) is 1.58. The quantitative estimate of drug-likeness (QED) is 0.595. The molecule has 1 saturated heterocycles. The van der Waals surface area contributed by atoms with Crippen LogP contribution in [0.25, 0.3) is 6.08 Å². The lowest BCUT2D eigenvalue weighted by molar-refractivity contribution is -0.117. The van der Waals surface area contributed by atoms with Crippen molar-refractivity contribution in [1.29, 1.82) is 0 Å². The van der Waals surface area contributed by atoms with Gasteiger partial charge in [0.15, 0.2) is 0 Å². The lowest BCUT2D eigenvalue weighted by atomic mass is 9.86. The zero-order valence-electron chi connectivity index (χ0n) is 14.6. The first-order valence-electron chi connectivity index (χ1n) is 8.09. The molecule has 2 aromatic carbocycles. The molecule has 2 amide bonds. The first kappa shape index (κ1) is 18.5. The Morgan fingerprint density at radius 2 is 1.54 bits per heavy atom. The predicted octanol–water partition coefficient (Wildman–Crippen LogP) is 4.75. The fraction of sp³-hybridized carbons (Fsp3) is 0.200. The molecule has 1 aliphatic heterocycles. The smallest absolute Gasteiger partial charge is 0.267 e. The molecule has 0 aliphatic carbocycles. The highest BCUT2D eigenvalue weighted by Crippen LogP contribution is 2.28. The molecule has 4 nitrogen and oxygen atoms in total. The van der Waals surface area contributed by atoms with Crippen LogP contribution in [0.2, 0.25) is 10.0 Å². The number of carbonyl (C=O) groups is 2. The number of hydrogen-bond donors (Lipinski definition) is 1. The second kappa shape index (κ2) is 6.78. The molecule has 2 aromatic rings. The Labute approximate surface area is 162 Å². The van der Waals surface area contributed by atoms with Crippen LogP contribution >= 0.6 is 23.2 Å². The van der Waals surface area contributed by atoms with Gasteiger partial charge in [-0.05, 0) is 40.8 Å². The molecule has 0 radical (unpaired) electrons. The fourth-order valence-electron chi connectivity index (χ4n) is 2.65. The number of benzene rings is 2. The van der Waals surface area contributed by atoms with Crippen LogP contribution in [0.1, 0.15) is 31.9 Å². The average Bonchev–Trinajstić information content (AvgIpc) is 2.82. The number of halogens is 2. The number of rotatable bonds is 2. The van der Waals surface area contributed by atoms with Crippen molar-refractivity contribution in [2.45, 2.75) is 26.2 Å². The van der Waals surface area contributed by atoms with Gasteiger partial charge in [-0.15, -0.1) is 0 Å². The van der Waals surface area contributed by atoms with Crippen LogP contribution in [-0.2, 0) is 15.0 Å². The van der Waals surface area contributed by atoms with Crippen LogP contribution in [0.5, 0.6) is 0 Å². The maximum atomic E-state index is 12.7. The highest BCUT2D eigenvalue weighted by atomic mass is 35.5. The third kappa shape index (κ3) is 3.76. The Morgan fingerprint density at radius 3 is 2.08 bits per heavy atom. The van der Waals surface area contributed by atoms with Gasteiger partial charge in [-0.1, -0.05) is 68.2 Å². The van der Waals surface area contributed by atoms with Crippen molar-refractivity contribution in [1.82, 2.24) is 5.43 Å². The highest BCUT2D eigenvalue weighted by Gasteiger charge is 2.34. The first-order valence-corrected chi connectivity index (χ1v) is 8.84. The Morgan fingerprint density at radius 1 is 0.962 bits per heavy atom. The summed E-state index contributed by atoms with van der Waals surface area (Å²) in [5, 5.41) is 1.91. The number of hydrazine groups is 1. The van der Waals surface area contributed by atoms with Crippen molar-refractivity contribution in [3.63, 3.8) is 0 Å². The molecule has 0 atom stereocenters. The summed E-state index contributed by atoms with van der Waals surface area (Å²) in [7, 11) is 0. The van der Waals surface area contributed by atoms with Crippen LogP contribution < -0.4 is 10.4 Å². The van der Waals surface area contributed by atoms with Crippen molar-refractivity contribution in [2.75, 3.05) is 5.01 Å². The molecule has 1 heterocycles. The molecular formula is C20H18Cl2N2O2. The summed E-state index contributed by atoms with van der Waals surface area (Å²) in [6.45, 7) is 6.38. The monoisotopic (exact) mass is 388 g/mol. The van der Waals surface area contributed by atoms with E-state index in [0.717, 1.165) is 10.6 Å². The van der Waals surface area contributed by atoms with Gasteiger partial charge in [0, 0.05) is 10.0 Å². The molecule has 1 fully saturated rings. The third-order valence-corrected chi connectivity index (χ3v) is 4.52. The average molecular weight is 389 g/mol. The van der Waals surface area contributed by atoms with Gasteiger partial charge in [0.05, 0.1) is 5.69 Å². The standard InChI is InChI=1S/C20H18Cl2N2O2/c1-20(2,3)13-6-4-12(5-7-13)8-17-18(25)23-24(19(17)26)16-10-14(21)9-15(22)11-16/h4-11H,1-3H3,(H,23,25)/b17-8-. The van der Waals surface area contributed by atoms with E-state index < -0.39 is 11.8 Å². The molecule has 1 N–H and O–H groups in total. The van der Waals surface area contributed by atoms with E-state index in [1.807, 2.05) is 24.3 Å². The van der Waals surface area contributed by atoms with Gasteiger partial charge in [-0.25, -0.2) is 5.01 Å². The van der Waals surface area contributed by atoms with E-state index in [-0.39, 0.29) is 11.0 Å². The number of carbonyl (C=O) groups excluding carboxylic acids is 2. The molecule has 0 spiro atoms. The molecule has 0 unspecified atom stereocenters. The van der Waals surface area contributed by atoms with Gasteiger partial charge in [0.25, 0.3) is 11.8 Å². The maximum Gasteiger partial charge on any atom is 0.282 e. The van der Waals surface area contributed by atoms with E-state index in [2.05, 4.69) is 26.2 Å². The second-order valence-electron chi connectivity index (χ2n) is 7.14. The SMILES string of the molecule is CC(C)(C)c1ccc(/C=C2/C(=O)NN(c3cc(Cl)cc(Cl)c3)C2=O)cc1. The van der Waals surface area contributed by atoms with Gasteiger partial charge < -0.3 is 0 Å². The lowest BCUT2D eigenvalue weighted by Gasteiger charge is -2.18. The predicted molar refractivity (Wildman–Crippen MR) is 105 cm³/mol. The Kier molecular flexibility index (Phi) is 4.82. The Hall–Kier alpha value is -2.30. The van der Waals surface area contributed by atoms with E-state index in [0.29, 0.717) is 15.7 Å². The molecule has 6 heteroatoms. The van der Waals surface area contributed by atoms with Gasteiger partial charge in [0.1, 0.15) is 5.57 Å². The first-order chi connectivity index (χ1) is 12.1. The molecule has 0 bridgehead atoms. The summed E-state index contributed by atoms with van der Waals surface area (Å²) < 4.78 is 0. The van der Waals surface area contributed by atoms with Crippen LogP contribution in [0, 0.1) is 0 Å². The Balaban J connectivity index is 1.90. The number of hydrogen-bond acceptors (Lipinski definition) is 2. The summed E-state index contributed by atoms with van der Waals surface area (Å²) in [6, 6.07) is 12.5. The number of amides is 2. The zero-order valence-corrected chi connectivity index (χ0v) is 16.2. The van der Waals surface area contributed by atoms with E-state index in [1.165, 1.54) is 5.56 Å². The molecule has 134 valence electrons. The summed E-state index contributed by atoms with van der Waals surface area (Å²) in [4.78, 5) is 24.9. The molecule has 26 heavy (non-hydrogen) atoms. The fourth-order valence-corrected chi connectivity index (χ4v) is 3.17. The number of nitrogens with zero attached hydrogens (tertiary/aromatic N) is 1. The Bertz CT molecular complexity index is 892. The van der Waals surface area contributed by atoms with Crippen molar-refractivity contribution in [3.8, 4) is 0 Å². The normalized spacial score (nSPS) is 16.3. The molecule has 0 saturated carbocycles. The van der Waals surface area contributed by atoms with E-state index in [4.69, 9.17) is 23.2 Å². The third-order valence-electron chi connectivity index (χ3n) is 4.08. The van der Waals surface area contributed by atoms with Crippen molar-refractivity contribution in [2.24, 2.45) is 0 Å². The van der Waals surface area contributed by atoms with E-state index in [9.17, 15) is 9.59 Å².